The van der Waals surface area contributed by atoms with E-state index in [2.05, 4.69) is 10.9 Å². The van der Waals surface area contributed by atoms with Crippen LogP contribution in [0.2, 0.25) is 0 Å². The summed E-state index contributed by atoms with van der Waals surface area (Å²) in [7, 11) is 0. The summed E-state index contributed by atoms with van der Waals surface area (Å²) in [5.74, 6) is -3.04. The molecule has 2 aromatic rings. The van der Waals surface area contributed by atoms with E-state index in [4.69, 9.17) is 5.26 Å². The highest BCUT2D eigenvalue weighted by molar-refractivity contribution is 6.02. The van der Waals surface area contributed by atoms with E-state index in [-0.39, 0.29) is 41.7 Å². The minimum atomic E-state index is -0.714. The van der Waals surface area contributed by atoms with Gasteiger partial charge in [0.15, 0.2) is 0 Å². The minimum Gasteiger partial charge on any atom is -0.327 e. The van der Waals surface area contributed by atoms with Crippen LogP contribution in [0.1, 0.15) is 42.3 Å². The van der Waals surface area contributed by atoms with E-state index in [9.17, 15) is 23.2 Å². The van der Waals surface area contributed by atoms with Crippen LogP contribution in [0, 0.1) is 28.9 Å². The number of nitrogens with zero attached hydrogens (tertiary/aromatic N) is 3. The van der Waals surface area contributed by atoms with Gasteiger partial charge in [-0.3, -0.25) is 19.8 Å². The number of piperazine rings is 1. The average molecular weight is 494 g/mol. The van der Waals surface area contributed by atoms with Crippen LogP contribution in [0.15, 0.2) is 47.7 Å². The Hall–Kier alpha value is -4.26. The van der Waals surface area contributed by atoms with Crippen molar-refractivity contribution < 1.29 is 23.2 Å². The number of allylic oxidation sites excluding steroid dienone is 1. The maximum Gasteiger partial charge on any atom is 0.257 e. The summed E-state index contributed by atoms with van der Waals surface area (Å²) in [5, 5.41) is 8.95. The summed E-state index contributed by atoms with van der Waals surface area (Å²) in [6, 6.07) is 9.32. The molecule has 0 bridgehead atoms. The number of hydrogen-bond acceptors (Lipinski definition) is 5. The molecular weight excluding hydrogens is 468 g/mol. The van der Waals surface area contributed by atoms with Gasteiger partial charge in [0.2, 0.25) is 11.8 Å². The summed E-state index contributed by atoms with van der Waals surface area (Å²) in [6.07, 6.45) is 0.345. The van der Waals surface area contributed by atoms with Crippen molar-refractivity contribution >= 4 is 23.4 Å². The van der Waals surface area contributed by atoms with Crippen LogP contribution < -0.4 is 15.8 Å². The van der Waals surface area contributed by atoms with Crippen LogP contribution in [0.3, 0.4) is 0 Å². The predicted octanol–water partition coefficient (Wildman–Crippen LogP) is 2.80. The molecule has 2 aliphatic heterocycles. The fourth-order valence-electron chi connectivity index (χ4n) is 4.45. The summed E-state index contributed by atoms with van der Waals surface area (Å²) < 4.78 is 29.2. The van der Waals surface area contributed by atoms with Crippen LogP contribution in [0.25, 0.3) is 0 Å². The van der Waals surface area contributed by atoms with Crippen LogP contribution >= 0.6 is 0 Å². The number of carbonyl (C=O) groups excluding carboxylic acids is 3. The molecule has 1 unspecified atom stereocenters. The van der Waals surface area contributed by atoms with E-state index < -0.39 is 29.5 Å². The number of rotatable bonds is 4. The molecule has 2 aromatic carbocycles. The van der Waals surface area contributed by atoms with Gasteiger partial charge in [0.25, 0.3) is 5.91 Å². The molecular formula is C26H25F2N5O3. The van der Waals surface area contributed by atoms with E-state index in [1.165, 1.54) is 34.1 Å². The summed E-state index contributed by atoms with van der Waals surface area (Å²) >= 11 is 0. The second kappa shape index (κ2) is 9.77. The number of hydrogen-bond donors (Lipinski definition) is 2. The minimum absolute atomic E-state index is 0.0247. The lowest BCUT2D eigenvalue weighted by molar-refractivity contribution is -0.125. The highest BCUT2D eigenvalue weighted by Gasteiger charge is 2.35. The van der Waals surface area contributed by atoms with Gasteiger partial charge in [0.1, 0.15) is 18.2 Å². The Kier molecular flexibility index (Phi) is 6.75. The van der Waals surface area contributed by atoms with E-state index in [0.717, 1.165) is 17.3 Å². The van der Waals surface area contributed by atoms with E-state index in [0.29, 0.717) is 12.0 Å². The molecule has 0 saturated carbocycles. The molecule has 1 saturated heterocycles. The summed E-state index contributed by atoms with van der Waals surface area (Å²) in [5.41, 5.74) is 7.70. The van der Waals surface area contributed by atoms with Crippen molar-refractivity contribution in [3.05, 3.63) is 76.0 Å². The number of halogens is 2. The van der Waals surface area contributed by atoms with E-state index in [1.807, 2.05) is 13.0 Å². The molecule has 2 N–H and O–H groups in total. The molecule has 8 nitrogen and oxygen atoms in total. The predicted molar refractivity (Wildman–Crippen MR) is 127 cm³/mol. The molecule has 4 rings (SSSR count). The van der Waals surface area contributed by atoms with Gasteiger partial charge in [-0.25, -0.2) is 8.78 Å². The first-order chi connectivity index (χ1) is 17.1. The van der Waals surface area contributed by atoms with Crippen molar-refractivity contribution in [1.29, 1.82) is 5.26 Å². The molecule has 0 spiro atoms. The third kappa shape index (κ3) is 4.64. The second-order valence-corrected chi connectivity index (χ2v) is 9.06. The SMILES string of the molecule is CC1=C(Cc2ccc(F)c(C(=O)N3CC(=O)N(c4ccc(C#N)cc4F)[C@H](C)C3)c2)NNC(=O)C1C. The Morgan fingerprint density at radius 1 is 1.11 bits per heavy atom. The van der Waals surface area contributed by atoms with Crippen molar-refractivity contribution in [2.24, 2.45) is 5.92 Å². The zero-order chi connectivity index (χ0) is 26.1. The fraction of sp³-hybridized carbons (Fsp3) is 0.308. The number of carbonyl (C=O) groups is 3. The number of benzene rings is 2. The number of amides is 3. The average Bonchev–Trinajstić information content (AvgIpc) is 2.85. The Bertz CT molecular complexity index is 1330. The molecule has 2 atom stereocenters. The van der Waals surface area contributed by atoms with Crippen LogP contribution in [0.5, 0.6) is 0 Å². The van der Waals surface area contributed by atoms with Crippen molar-refractivity contribution in [3.63, 3.8) is 0 Å². The van der Waals surface area contributed by atoms with E-state index >= 15 is 0 Å². The number of hydrazine groups is 1. The first-order valence-corrected chi connectivity index (χ1v) is 11.5. The first kappa shape index (κ1) is 24.9. The summed E-state index contributed by atoms with van der Waals surface area (Å²) in [6.45, 7) is 5.02. The Morgan fingerprint density at radius 2 is 1.86 bits per heavy atom. The second-order valence-electron chi connectivity index (χ2n) is 9.06. The van der Waals surface area contributed by atoms with Gasteiger partial charge in [-0.1, -0.05) is 6.07 Å². The van der Waals surface area contributed by atoms with Gasteiger partial charge < -0.3 is 15.2 Å². The van der Waals surface area contributed by atoms with Gasteiger partial charge in [0, 0.05) is 18.7 Å². The zero-order valence-electron chi connectivity index (χ0n) is 20.1. The van der Waals surface area contributed by atoms with Crippen LogP contribution in [0.4, 0.5) is 14.5 Å². The Morgan fingerprint density at radius 3 is 2.53 bits per heavy atom. The van der Waals surface area contributed by atoms with Crippen LogP contribution in [-0.4, -0.2) is 41.8 Å². The van der Waals surface area contributed by atoms with Crippen molar-refractivity contribution in [2.45, 2.75) is 33.2 Å². The molecule has 0 aromatic heterocycles. The monoisotopic (exact) mass is 493 g/mol. The topological polar surface area (TPSA) is 106 Å². The number of nitriles is 1. The molecule has 0 radical (unpaired) electrons. The quantitative estimate of drug-likeness (QED) is 0.682. The van der Waals surface area contributed by atoms with Gasteiger partial charge in [-0.2, -0.15) is 5.26 Å². The first-order valence-electron chi connectivity index (χ1n) is 11.5. The summed E-state index contributed by atoms with van der Waals surface area (Å²) in [4.78, 5) is 40.5. The fourth-order valence-corrected chi connectivity index (χ4v) is 4.45. The lowest BCUT2D eigenvalue weighted by Gasteiger charge is -2.39. The molecule has 36 heavy (non-hydrogen) atoms. The number of nitrogens with one attached hydrogen (secondary N) is 2. The lowest BCUT2D eigenvalue weighted by Crippen LogP contribution is -2.57. The van der Waals surface area contributed by atoms with Crippen LogP contribution in [-0.2, 0) is 16.0 Å². The zero-order valence-corrected chi connectivity index (χ0v) is 20.1. The normalized spacial score (nSPS) is 20.1. The highest BCUT2D eigenvalue weighted by Crippen LogP contribution is 2.27. The van der Waals surface area contributed by atoms with Gasteiger partial charge in [0.05, 0.1) is 34.8 Å². The van der Waals surface area contributed by atoms with Gasteiger partial charge in [-0.15, -0.1) is 0 Å². The van der Waals surface area contributed by atoms with E-state index in [1.54, 1.807) is 19.9 Å². The largest absolute Gasteiger partial charge is 0.327 e. The smallest absolute Gasteiger partial charge is 0.257 e. The van der Waals surface area contributed by atoms with Crippen molar-refractivity contribution in [3.8, 4) is 6.07 Å². The lowest BCUT2D eigenvalue weighted by atomic mass is 9.95. The van der Waals surface area contributed by atoms with Gasteiger partial charge in [-0.05, 0) is 62.2 Å². The van der Waals surface area contributed by atoms with Crippen molar-refractivity contribution in [1.82, 2.24) is 15.8 Å². The Labute approximate surface area is 207 Å². The maximum absolute atomic E-state index is 14.7. The molecule has 186 valence electrons. The molecule has 2 aliphatic rings. The molecule has 1 fully saturated rings. The third-order valence-corrected chi connectivity index (χ3v) is 6.64. The third-order valence-electron chi connectivity index (χ3n) is 6.64. The van der Waals surface area contributed by atoms with Crippen molar-refractivity contribution in [2.75, 3.05) is 18.0 Å². The standard InChI is InChI=1S/C26H25F2N5O3/c1-14-12-32(13-24(34)33(14)23-7-5-18(11-29)9-21(23)28)26(36)19-8-17(4-6-20(19)27)10-22-15(2)16(3)25(35)31-30-22/h4-9,14,16,30H,10,12-13H2,1-3H3,(H,31,35)/t14-,16?/m1/s1. The molecule has 10 heteroatoms. The number of anilines is 1. The maximum atomic E-state index is 14.7. The molecule has 2 heterocycles. The Balaban J connectivity index is 1.54. The highest BCUT2D eigenvalue weighted by atomic mass is 19.1. The molecule has 0 aliphatic carbocycles. The molecule has 3 amide bonds. The van der Waals surface area contributed by atoms with Gasteiger partial charge >= 0.3 is 0 Å².